The van der Waals surface area contributed by atoms with Crippen molar-refractivity contribution in [3.8, 4) is 5.75 Å². The molecule has 2 nitrogen and oxygen atoms in total. The average molecular weight is 282 g/mol. The van der Waals surface area contributed by atoms with Gasteiger partial charge in [0.1, 0.15) is 5.75 Å². The molecule has 2 rings (SSSR count). The van der Waals surface area contributed by atoms with E-state index in [1.54, 1.807) is 12.1 Å². The molecular formula is C14H13Cl2NO. The van der Waals surface area contributed by atoms with E-state index in [1.165, 1.54) is 0 Å². The van der Waals surface area contributed by atoms with E-state index >= 15 is 0 Å². The standard InChI is InChI=1S/C14H13Cl2NO/c15-12-3-1-2-10(6-12)8-17-9-11-4-5-14(18)13(16)7-11/h1-7,17-18H,8-9H2. The number of phenolic OH excluding ortho intramolecular Hbond substituents is 1. The molecule has 18 heavy (non-hydrogen) atoms. The third-order valence-corrected chi connectivity index (χ3v) is 3.10. The van der Waals surface area contributed by atoms with Crippen molar-refractivity contribution in [2.75, 3.05) is 0 Å². The van der Waals surface area contributed by atoms with Crippen LogP contribution in [-0.4, -0.2) is 5.11 Å². The van der Waals surface area contributed by atoms with Gasteiger partial charge in [0.2, 0.25) is 0 Å². The van der Waals surface area contributed by atoms with Gasteiger partial charge in [0.05, 0.1) is 5.02 Å². The molecule has 0 radical (unpaired) electrons. The van der Waals surface area contributed by atoms with Crippen LogP contribution in [-0.2, 0) is 13.1 Å². The molecule has 0 aliphatic rings. The van der Waals surface area contributed by atoms with Crippen LogP contribution in [0.15, 0.2) is 42.5 Å². The predicted molar refractivity (Wildman–Crippen MR) is 75.1 cm³/mol. The first-order chi connectivity index (χ1) is 8.65. The number of halogens is 2. The van der Waals surface area contributed by atoms with Crippen molar-refractivity contribution in [2.45, 2.75) is 13.1 Å². The Hall–Kier alpha value is -1.22. The SMILES string of the molecule is Oc1ccc(CNCc2cccc(Cl)c2)cc1Cl. The van der Waals surface area contributed by atoms with E-state index in [1.807, 2.05) is 30.3 Å². The molecular weight excluding hydrogens is 269 g/mol. The summed E-state index contributed by atoms with van der Waals surface area (Å²) in [5.74, 6) is 0.107. The highest BCUT2D eigenvalue weighted by Gasteiger charge is 2.00. The van der Waals surface area contributed by atoms with Gasteiger partial charge in [0.25, 0.3) is 0 Å². The van der Waals surface area contributed by atoms with Crippen LogP contribution >= 0.6 is 23.2 Å². The smallest absolute Gasteiger partial charge is 0.134 e. The van der Waals surface area contributed by atoms with Crippen LogP contribution in [0, 0.1) is 0 Å². The van der Waals surface area contributed by atoms with Gasteiger partial charge in [0, 0.05) is 18.1 Å². The van der Waals surface area contributed by atoms with E-state index in [2.05, 4.69) is 5.32 Å². The van der Waals surface area contributed by atoms with Crippen molar-refractivity contribution in [1.29, 1.82) is 0 Å². The van der Waals surface area contributed by atoms with E-state index in [4.69, 9.17) is 23.2 Å². The molecule has 4 heteroatoms. The molecule has 0 fully saturated rings. The second-order valence-electron chi connectivity index (χ2n) is 4.02. The molecule has 0 aromatic heterocycles. The van der Waals surface area contributed by atoms with Crippen molar-refractivity contribution in [3.63, 3.8) is 0 Å². The molecule has 0 amide bonds. The molecule has 0 spiro atoms. The van der Waals surface area contributed by atoms with Gasteiger partial charge >= 0.3 is 0 Å². The van der Waals surface area contributed by atoms with Crippen molar-refractivity contribution in [2.24, 2.45) is 0 Å². The van der Waals surface area contributed by atoms with Crippen LogP contribution in [0.4, 0.5) is 0 Å². The van der Waals surface area contributed by atoms with E-state index in [0.717, 1.165) is 22.7 Å². The van der Waals surface area contributed by atoms with Gasteiger partial charge in [-0.25, -0.2) is 0 Å². The number of hydrogen-bond donors (Lipinski definition) is 2. The molecule has 0 saturated heterocycles. The molecule has 2 aromatic carbocycles. The van der Waals surface area contributed by atoms with E-state index in [9.17, 15) is 5.11 Å². The van der Waals surface area contributed by atoms with Gasteiger partial charge in [-0.15, -0.1) is 0 Å². The monoisotopic (exact) mass is 281 g/mol. The quantitative estimate of drug-likeness (QED) is 0.888. The number of rotatable bonds is 4. The van der Waals surface area contributed by atoms with Crippen molar-refractivity contribution >= 4 is 23.2 Å². The molecule has 0 bridgehead atoms. The number of phenols is 1. The fourth-order valence-electron chi connectivity index (χ4n) is 1.66. The Labute approximate surface area is 116 Å². The molecule has 2 N–H and O–H groups in total. The van der Waals surface area contributed by atoms with Gasteiger partial charge in [0.15, 0.2) is 0 Å². The van der Waals surface area contributed by atoms with Crippen LogP contribution in [0.2, 0.25) is 10.0 Å². The third kappa shape index (κ3) is 3.64. The lowest BCUT2D eigenvalue weighted by atomic mass is 10.2. The maximum Gasteiger partial charge on any atom is 0.134 e. The lowest BCUT2D eigenvalue weighted by Gasteiger charge is -2.06. The van der Waals surface area contributed by atoms with Crippen LogP contribution < -0.4 is 5.32 Å². The van der Waals surface area contributed by atoms with Crippen LogP contribution in [0.3, 0.4) is 0 Å². The normalized spacial score (nSPS) is 10.6. The predicted octanol–water partition coefficient (Wildman–Crippen LogP) is 3.99. The number of nitrogens with one attached hydrogen (secondary N) is 1. The van der Waals surface area contributed by atoms with Gasteiger partial charge in [-0.05, 0) is 35.4 Å². The topological polar surface area (TPSA) is 32.3 Å². The number of aromatic hydroxyl groups is 1. The Morgan fingerprint density at radius 3 is 2.33 bits per heavy atom. The molecule has 0 aliphatic carbocycles. The maximum absolute atomic E-state index is 9.31. The molecule has 0 unspecified atom stereocenters. The average Bonchev–Trinajstić information content (AvgIpc) is 2.34. The third-order valence-electron chi connectivity index (χ3n) is 2.56. The molecule has 2 aromatic rings. The highest BCUT2D eigenvalue weighted by molar-refractivity contribution is 6.32. The summed E-state index contributed by atoms with van der Waals surface area (Å²) in [4.78, 5) is 0. The molecule has 0 aliphatic heterocycles. The largest absolute Gasteiger partial charge is 0.506 e. The zero-order valence-electron chi connectivity index (χ0n) is 9.66. The fourth-order valence-corrected chi connectivity index (χ4v) is 2.07. The van der Waals surface area contributed by atoms with Gasteiger partial charge < -0.3 is 10.4 Å². The van der Waals surface area contributed by atoms with Gasteiger partial charge in [-0.2, -0.15) is 0 Å². The molecule has 0 saturated carbocycles. The molecule has 0 atom stereocenters. The Morgan fingerprint density at radius 1 is 0.944 bits per heavy atom. The summed E-state index contributed by atoms with van der Waals surface area (Å²) in [5.41, 5.74) is 2.16. The van der Waals surface area contributed by atoms with E-state index in [-0.39, 0.29) is 5.75 Å². The first-order valence-electron chi connectivity index (χ1n) is 5.58. The number of benzene rings is 2. The summed E-state index contributed by atoms with van der Waals surface area (Å²) in [6.07, 6.45) is 0. The van der Waals surface area contributed by atoms with Gasteiger partial charge in [-0.1, -0.05) is 41.4 Å². The maximum atomic E-state index is 9.31. The van der Waals surface area contributed by atoms with Crippen molar-refractivity contribution in [3.05, 3.63) is 63.6 Å². The summed E-state index contributed by atoms with van der Waals surface area (Å²) in [7, 11) is 0. The van der Waals surface area contributed by atoms with Crippen molar-refractivity contribution in [1.82, 2.24) is 5.32 Å². The highest BCUT2D eigenvalue weighted by Crippen LogP contribution is 2.23. The lowest BCUT2D eigenvalue weighted by molar-refractivity contribution is 0.475. The summed E-state index contributed by atoms with van der Waals surface area (Å²) in [6.45, 7) is 1.42. The molecule has 94 valence electrons. The Kier molecular flexibility index (Phi) is 4.48. The van der Waals surface area contributed by atoms with Gasteiger partial charge in [-0.3, -0.25) is 0 Å². The number of hydrogen-bond acceptors (Lipinski definition) is 2. The summed E-state index contributed by atoms with van der Waals surface area (Å²) in [6, 6.07) is 12.9. The van der Waals surface area contributed by atoms with Crippen molar-refractivity contribution < 1.29 is 5.11 Å². The van der Waals surface area contributed by atoms with E-state index in [0.29, 0.717) is 11.6 Å². The second-order valence-corrected chi connectivity index (χ2v) is 4.86. The minimum atomic E-state index is 0.107. The Balaban J connectivity index is 1.90. The minimum Gasteiger partial charge on any atom is -0.506 e. The summed E-state index contributed by atoms with van der Waals surface area (Å²) >= 11 is 11.7. The van der Waals surface area contributed by atoms with E-state index < -0.39 is 0 Å². The minimum absolute atomic E-state index is 0.107. The zero-order valence-corrected chi connectivity index (χ0v) is 11.2. The Bertz CT molecular complexity index is 543. The zero-order chi connectivity index (χ0) is 13.0. The second kappa shape index (κ2) is 6.10. The lowest BCUT2D eigenvalue weighted by Crippen LogP contribution is -2.12. The Morgan fingerprint density at radius 2 is 1.67 bits per heavy atom. The first kappa shape index (κ1) is 13.2. The van der Waals surface area contributed by atoms with Crippen LogP contribution in [0.5, 0.6) is 5.75 Å². The first-order valence-corrected chi connectivity index (χ1v) is 6.33. The highest BCUT2D eigenvalue weighted by atomic mass is 35.5. The fraction of sp³-hybridized carbons (Fsp3) is 0.143. The molecule has 0 heterocycles. The van der Waals surface area contributed by atoms with Crippen LogP contribution in [0.1, 0.15) is 11.1 Å². The van der Waals surface area contributed by atoms with Crippen LogP contribution in [0.25, 0.3) is 0 Å². The summed E-state index contributed by atoms with van der Waals surface area (Å²) in [5, 5.41) is 13.7. The summed E-state index contributed by atoms with van der Waals surface area (Å²) < 4.78 is 0.